The van der Waals surface area contributed by atoms with Crippen LogP contribution in [0.2, 0.25) is 0 Å². The van der Waals surface area contributed by atoms with Crippen LogP contribution in [0, 0.1) is 0 Å². The number of carbonyl (C=O) groups excluding carboxylic acids is 1. The van der Waals surface area contributed by atoms with Crippen LogP contribution in [0.3, 0.4) is 0 Å². The minimum atomic E-state index is -0.343. The lowest BCUT2D eigenvalue weighted by Gasteiger charge is -2.34. The number of carbonyl (C=O) groups is 1. The van der Waals surface area contributed by atoms with Crippen LogP contribution >= 0.6 is 0 Å². The van der Waals surface area contributed by atoms with Crippen LogP contribution < -0.4 is 4.90 Å². The number of fused-ring (bicyclic) bond motifs is 3. The van der Waals surface area contributed by atoms with Crippen molar-refractivity contribution in [3.05, 3.63) is 59.4 Å². The number of ether oxygens (including phenoxy) is 2. The van der Waals surface area contributed by atoms with Crippen LogP contribution in [0.25, 0.3) is 11.0 Å². The van der Waals surface area contributed by atoms with E-state index in [2.05, 4.69) is 10.6 Å². The highest BCUT2D eigenvalue weighted by Crippen LogP contribution is 2.40. The molecule has 0 aliphatic carbocycles. The standard InChI is InChI=1S/C26H31N3O4/c1-17-8-9-20-22(28(17)26(31)32-2)10-11-23-24(20)27-25(29(23)19-12-14-33-15-13-19)21(16-30)18-6-4-3-5-7-18/h3-7,10-11,17,19,21,30H,8-9,12-16H2,1-2H3/t17-,21-/m0/s1. The van der Waals surface area contributed by atoms with E-state index in [0.717, 1.165) is 72.6 Å². The van der Waals surface area contributed by atoms with Crippen molar-refractivity contribution < 1.29 is 19.4 Å². The first-order chi connectivity index (χ1) is 16.1. The summed E-state index contributed by atoms with van der Waals surface area (Å²) in [6.07, 6.45) is 3.18. The van der Waals surface area contributed by atoms with Crippen molar-refractivity contribution in [2.45, 2.75) is 50.6 Å². The van der Waals surface area contributed by atoms with E-state index in [1.165, 1.54) is 7.11 Å². The van der Waals surface area contributed by atoms with Gasteiger partial charge in [-0.25, -0.2) is 9.78 Å². The summed E-state index contributed by atoms with van der Waals surface area (Å²) in [5.74, 6) is 0.651. The Bertz CT molecular complexity index is 1140. The number of hydrogen-bond acceptors (Lipinski definition) is 5. The van der Waals surface area contributed by atoms with Gasteiger partial charge in [-0.1, -0.05) is 30.3 Å². The van der Waals surface area contributed by atoms with Crippen LogP contribution in [0.5, 0.6) is 0 Å². The second-order valence-corrected chi connectivity index (χ2v) is 8.99. The second-order valence-electron chi connectivity index (χ2n) is 8.99. The van der Waals surface area contributed by atoms with Crippen LogP contribution in [-0.2, 0) is 15.9 Å². The molecule has 5 rings (SSSR count). The van der Waals surface area contributed by atoms with Crippen molar-refractivity contribution >= 4 is 22.8 Å². The number of imidazole rings is 1. The Hall–Kier alpha value is -2.90. The van der Waals surface area contributed by atoms with Crippen molar-refractivity contribution in [3.8, 4) is 0 Å². The second kappa shape index (κ2) is 9.15. The molecule has 33 heavy (non-hydrogen) atoms. The molecule has 0 unspecified atom stereocenters. The third-order valence-corrected chi connectivity index (χ3v) is 7.11. The normalized spacial score (nSPS) is 20.0. The van der Waals surface area contributed by atoms with Gasteiger partial charge in [0.15, 0.2) is 0 Å². The molecule has 3 heterocycles. The molecule has 0 bridgehead atoms. The molecule has 7 heteroatoms. The van der Waals surface area contributed by atoms with Crippen molar-refractivity contribution in [2.75, 3.05) is 31.8 Å². The number of anilines is 1. The Balaban J connectivity index is 1.72. The fourth-order valence-corrected chi connectivity index (χ4v) is 5.39. The largest absolute Gasteiger partial charge is 0.452 e. The third-order valence-electron chi connectivity index (χ3n) is 7.11. The molecule has 0 saturated carbocycles. The zero-order valence-electron chi connectivity index (χ0n) is 19.2. The summed E-state index contributed by atoms with van der Waals surface area (Å²) in [4.78, 5) is 19.5. The summed E-state index contributed by atoms with van der Waals surface area (Å²) >= 11 is 0. The lowest BCUT2D eigenvalue weighted by Crippen LogP contribution is -2.42. The Kier molecular flexibility index (Phi) is 6.08. The van der Waals surface area contributed by atoms with Crippen LogP contribution in [0.15, 0.2) is 42.5 Å². The van der Waals surface area contributed by atoms with E-state index < -0.39 is 0 Å². The van der Waals surface area contributed by atoms with Gasteiger partial charge < -0.3 is 19.1 Å². The van der Waals surface area contributed by atoms with E-state index >= 15 is 0 Å². The fraction of sp³-hybridized carbons (Fsp3) is 0.462. The number of aromatic nitrogens is 2. The van der Waals surface area contributed by atoms with Gasteiger partial charge in [0.05, 0.1) is 36.4 Å². The molecule has 2 aliphatic rings. The minimum Gasteiger partial charge on any atom is -0.452 e. The highest BCUT2D eigenvalue weighted by molar-refractivity contribution is 5.95. The van der Waals surface area contributed by atoms with Gasteiger partial charge in [0.2, 0.25) is 0 Å². The lowest BCUT2D eigenvalue weighted by molar-refractivity contribution is 0.0694. The molecule has 7 nitrogen and oxygen atoms in total. The third kappa shape index (κ3) is 3.79. The number of aliphatic hydroxyl groups excluding tert-OH is 1. The number of nitrogens with zero attached hydrogens (tertiary/aromatic N) is 3. The summed E-state index contributed by atoms with van der Waals surface area (Å²) in [5.41, 5.74) is 4.97. The molecule has 1 N–H and O–H groups in total. The molecule has 1 saturated heterocycles. The van der Waals surface area contributed by atoms with Crippen molar-refractivity contribution in [3.63, 3.8) is 0 Å². The zero-order chi connectivity index (χ0) is 22.9. The molecule has 2 atom stereocenters. The van der Waals surface area contributed by atoms with Crippen molar-refractivity contribution in [2.24, 2.45) is 0 Å². The first-order valence-corrected chi connectivity index (χ1v) is 11.8. The van der Waals surface area contributed by atoms with Crippen molar-refractivity contribution in [1.29, 1.82) is 0 Å². The molecular weight excluding hydrogens is 418 g/mol. The molecule has 0 radical (unpaired) electrons. The number of rotatable bonds is 4. The van der Waals surface area contributed by atoms with Gasteiger partial charge in [-0.15, -0.1) is 0 Å². The van der Waals surface area contributed by atoms with Gasteiger partial charge in [0.25, 0.3) is 0 Å². The number of amides is 1. The van der Waals surface area contributed by atoms with E-state index in [-0.39, 0.29) is 30.7 Å². The molecular formula is C26H31N3O4. The highest BCUT2D eigenvalue weighted by atomic mass is 16.5. The maximum Gasteiger partial charge on any atom is 0.414 e. The average molecular weight is 450 g/mol. The van der Waals surface area contributed by atoms with Gasteiger partial charge in [-0.2, -0.15) is 0 Å². The molecule has 0 spiro atoms. The summed E-state index contributed by atoms with van der Waals surface area (Å²) in [7, 11) is 1.42. The average Bonchev–Trinajstić information content (AvgIpc) is 3.24. The number of methoxy groups -OCH3 is 1. The summed E-state index contributed by atoms with van der Waals surface area (Å²) in [5, 5.41) is 10.5. The Morgan fingerprint density at radius 3 is 2.64 bits per heavy atom. The van der Waals surface area contributed by atoms with Crippen molar-refractivity contribution in [1.82, 2.24) is 9.55 Å². The maximum atomic E-state index is 12.6. The molecule has 1 aromatic heterocycles. The Morgan fingerprint density at radius 1 is 1.18 bits per heavy atom. The van der Waals surface area contributed by atoms with Gasteiger partial charge >= 0.3 is 6.09 Å². The number of aliphatic hydroxyl groups is 1. The van der Waals surface area contributed by atoms with Gasteiger partial charge in [0, 0.05) is 30.9 Å². The summed E-state index contributed by atoms with van der Waals surface area (Å²) in [6, 6.07) is 14.5. The zero-order valence-corrected chi connectivity index (χ0v) is 19.2. The van der Waals surface area contributed by atoms with Crippen LogP contribution in [0.4, 0.5) is 10.5 Å². The van der Waals surface area contributed by atoms with Crippen LogP contribution in [-0.4, -0.2) is 53.7 Å². The van der Waals surface area contributed by atoms with Gasteiger partial charge in [-0.3, -0.25) is 4.90 Å². The molecule has 1 amide bonds. The van der Waals surface area contributed by atoms with E-state index in [0.29, 0.717) is 0 Å². The Labute approximate surface area is 193 Å². The quantitative estimate of drug-likeness (QED) is 0.638. The summed E-state index contributed by atoms with van der Waals surface area (Å²) < 4.78 is 13.0. The van der Waals surface area contributed by atoms with E-state index in [4.69, 9.17) is 14.5 Å². The van der Waals surface area contributed by atoms with E-state index in [1.807, 2.05) is 43.3 Å². The monoisotopic (exact) mass is 449 g/mol. The first kappa shape index (κ1) is 21.9. The molecule has 174 valence electrons. The predicted molar refractivity (Wildman–Crippen MR) is 127 cm³/mol. The predicted octanol–water partition coefficient (Wildman–Crippen LogP) is 4.42. The number of aryl methyl sites for hydroxylation is 1. The number of hydrogen-bond donors (Lipinski definition) is 1. The fourth-order valence-electron chi connectivity index (χ4n) is 5.39. The topological polar surface area (TPSA) is 76.8 Å². The van der Waals surface area contributed by atoms with Gasteiger partial charge in [0.1, 0.15) is 5.82 Å². The van der Waals surface area contributed by atoms with E-state index in [9.17, 15) is 9.90 Å². The lowest BCUT2D eigenvalue weighted by atomic mass is 9.95. The van der Waals surface area contributed by atoms with E-state index in [1.54, 1.807) is 4.90 Å². The van der Waals surface area contributed by atoms with Gasteiger partial charge in [-0.05, 0) is 50.3 Å². The number of benzene rings is 2. The molecule has 2 aromatic carbocycles. The summed E-state index contributed by atoms with van der Waals surface area (Å²) in [6.45, 7) is 3.46. The first-order valence-electron chi connectivity index (χ1n) is 11.8. The Morgan fingerprint density at radius 2 is 1.94 bits per heavy atom. The minimum absolute atomic E-state index is 0.0237. The maximum absolute atomic E-state index is 12.6. The molecule has 2 aliphatic heterocycles. The van der Waals surface area contributed by atoms with Crippen LogP contribution in [0.1, 0.15) is 55.1 Å². The smallest absolute Gasteiger partial charge is 0.414 e. The molecule has 3 aromatic rings. The highest BCUT2D eigenvalue weighted by Gasteiger charge is 2.33. The molecule has 1 fully saturated rings. The SMILES string of the molecule is COC(=O)N1c2ccc3c(nc([C@@H](CO)c4ccccc4)n3C3CCOCC3)c2CC[C@@H]1C.